The lowest BCUT2D eigenvalue weighted by atomic mass is 10.2. The Kier molecular flexibility index (Phi) is 8.05. The first-order valence-corrected chi connectivity index (χ1v) is 11.4. The predicted molar refractivity (Wildman–Crippen MR) is 101 cm³/mol. The van der Waals surface area contributed by atoms with E-state index in [1.807, 2.05) is 18.2 Å². The predicted octanol–water partition coefficient (Wildman–Crippen LogP) is 5.40. The van der Waals surface area contributed by atoms with Crippen molar-refractivity contribution < 1.29 is 9.16 Å². The summed E-state index contributed by atoms with van der Waals surface area (Å²) in [5, 5.41) is 0.195. The molecule has 0 bridgehead atoms. The first-order chi connectivity index (χ1) is 10.8. The molecule has 23 heavy (non-hydrogen) atoms. The van der Waals surface area contributed by atoms with Gasteiger partial charge in [0.1, 0.15) is 6.10 Å². The number of unbranched alkanes of at least 4 members (excludes halogenated alkanes) is 1. The van der Waals surface area contributed by atoms with Crippen molar-refractivity contribution in [3.05, 3.63) is 35.9 Å². The first-order valence-electron chi connectivity index (χ1n) is 8.52. The zero-order chi connectivity index (χ0) is 17.3. The highest BCUT2D eigenvalue weighted by molar-refractivity contribution is 6.74. The van der Waals surface area contributed by atoms with Crippen LogP contribution in [0, 0.1) is 12.3 Å². The summed E-state index contributed by atoms with van der Waals surface area (Å²) in [5.41, 5.74) is 1.22. The minimum atomic E-state index is -1.78. The molecule has 3 heteroatoms. The van der Waals surface area contributed by atoms with E-state index in [0.29, 0.717) is 6.61 Å². The van der Waals surface area contributed by atoms with E-state index in [1.54, 1.807) is 0 Å². The van der Waals surface area contributed by atoms with E-state index in [9.17, 15) is 0 Å². The number of ether oxygens (including phenoxy) is 1. The van der Waals surface area contributed by atoms with Crippen LogP contribution in [0.1, 0.15) is 45.6 Å². The van der Waals surface area contributed by atoms with Crippen molar-refractivity contribution in [2.45, 2.75) is 70.9 Å². The molecule has 0 spiro atoms. The van der Waals surface area contributed by atoms with E-state index >= 15 is 0 Å². The van der Waals surface area contributed by atoms with E-state index in [-0.39, 0.29) is 11.1 Å². The Morgan fingerprint density at radius 3 is 2.35 bits per heavy atom. The SMILES string of the molecule is C#C[C@@H](CCCCOCc1ccccc1)O[Si](C)(C)C(C)(C)C. The minimum absolute atomic E-state index is 0.0648. The first kappa shape index (κ1) is 20.0. The standard InChI is InChI=1S/C20H32O2Si/c1-7-19(22-23(5,6)20(2,3)4)15-11-12-16-21-17-18-13-9-8-10-14-18/h1,8-10,13-14,19H,11-12,15-17H2,2-6H3/t19-/m0/s1. The normalized spacial score (nSPS) is 13.6. The minimum Gasteiger partial charge on any atom is -0.403 e. The second kappa shape index (κ2) is 9.27. The number of terminal acetylenes is 1. The van der Waals surface area contributed by atoms with Gasteiger partial charge in [-0.3, -0.25) is 0 Å². The van der Waals surface area contributed by atoms with Crippen molar-refractivity contribution >= 4 is 8.32 Å². The Morgan fingerprint density at radius 2 is 1.78 bits per heavy atom. The fourth-order valence-corrected chi connectivity index (χ4v) is 3.26. The van der Waals surface area contributed by atoms with Gasteiger partial charge in [-0.05, 0) is 43.0 Å². The topological polar surface area (TPSA) is 18.5 Å². The third-order valence-corrected chi connectivity index (χ3v) is 9.03. The van der Waals surface area contributed by atoms with Crippen LogP contribution in [0.25, 0.3) is 0 Å². The fraction of sp³-hybridized carbons (Fsp3) is 0.600. The van der Waals surface area contributed by atoms with Gasteiger partial charge in [0.2, 0.25) is 0 Å². The van der Waals surface area contributed by atoms with Crippen LogP contribution in [-0.4, -0.2) is 21.0 Å². The van der Waals surface area contributed by atoms with Crippen molar-refractivity contribution in [2.75, 3.05) is 6.61 Å². The zero-order valence-corrected chi connectivity index (χ0v) is 16.4. The summed E-state index contributed by atoms with van der Waals surface area (Å²) in [4.78, 5) is 0. The van der Waals surface area contributed by atoms with Gasteiger partial charge in [-0.25, -0.2) is 0 Å². The summed E-state index contributed by atoms with van der Waals surface area (Å²) in [6.45, 7) is 12.7. The van der Waals surface area contributed by atoms with Gasteiger partial charge < -0.3 is 9.16 Å². The molecular weight excluding hydrogens is 300 g/mol. The number of rotatable bonds is 9. The highest BCUT2D eigenvalue weighted by Crippen LogP contribution is 2.37. The highest BCUT2D eigenvalue weighted by atomic mass is 28.4. The molecule has 0 saturated heterocycles. The Balaban J connectivity index is 2.22. The molecule has 0 aromatic heterocycles. The van der Waals surface area contributed by atoms with Crippen LogP contribution >= 0.6 is 0 Å². The van der Waals surface area contributed by atoms with Crippen LogP contribution in [0.4, 0.5) is 0 Å². The van der Waals surface area contributed by atoms with Gasteiger partial charge in [0.15, 0.2) is 8.32 Å². The molecular formula is C20H32O2Si. The molecule has 0 unspecified atom stereocenters. The summed E-state index contributed by atoms with van der Waals surface area (Å²) in [6.07, 6.45) is 8.57. The highest BCUT2D eigenvalue weighted by Gasteiger charge is 2.38. The van der Waals surface area contributed by atoms with Gasteiger partial charge >= 0.3 is 0 Å². The smallest absolute Gasteiger partial charge is 0.193 e. The number of hydrogen-bond acceptors (Lipinski definition) is 2. The Labute approximate surface area is 143 Å². The van der Waals surface area contributed by atoms with Gasteiger partial charge in [-0.1, -0.05) is 57.0 Å². The number of benzene rings is 1. The monoisotopic (exact) mass is 332 g/mol. The molecule has 128 valence electrons. The van der Waals surface area contributed by atoms with E-state index in [0.717, 1.165) is 25.9 Å². The summed E-state index contributed by atoms with van der Waals surface area (Å²) >= 11 is 0. The molecule has 1 aromatic carbocycles. The van der Waals surface area contributed by atoms with Crippen molar-refractivity contribution in [1.82, 2.24) is 0 Å². The zero-order valence-electron chi connectivity index (χ0n) is 15.4. The molecule has 2 nitrogen and oxygen atoms in total. The van der Waals surface area contributed by atoms with Crippen LogP contribution in [0.5, 0.6) is 0 Å². The molecule has 0 radical (unpaired) electrons. The summed E-state index contributed by atoms with van der Waals surface area (Å²) in [7, 11) is -1.78. The maximum atomic E-state index is 6.29. The molecule has 0 amide bonds. The average Bonchev–Trinajstić information content (AvgIpc) is 2.49. The quantitative estimate of drug-likeness (QED) is 0.342. The molecule has 0 N–H and O–H groups in total. The number of hydrogen-bond donors (Lipinski definition) is 0. The molecule has 1 atom stereocenters. The maximum absolute atomic E-state index is 6.29. The van der Waals surface area contributed by atoms with Crippen LogP contribution in [0.15, 0.2) is 30.3 Å². The lowest BCUT2D eigenvalue weighted by Crippen LogP contribution is -2.43. The average molecular weight is 333 g/mol. The second-order valence-corrected chi connectivity index (χ2v) is 12.3. The van der Waals surface area contributed by atoms with Gasteiger partial charge in [-0.15, -0.1) is 6.42 Å². The molecule has 0 heterocycles. The lowest BCUT2D eigenvalue weighted by Gasteiger charge is -2.38. The second-order valence-electron chi connectivity index (χ2n) is 7.57. The Morgan fingerprint density at radius 1 is 1.13 bits per heavy atom. The molecule has 0 aliphatic carbocycles. The van der Waals surface area contributed by atoms with E-state index < -0.39 is 8.32 Å². The van der Waals surface area contributed by atoms with Crippen LogP contribution in [0.3, 0.4) is 0 Å². The Hall–Kier alpha value is -1.08. The Bertz CT molecular complexity index is 483. The van der Waals surface area contributed by atoms with E-state index in [2.05, 4.69) is 51.9 Å². The summed E-state index contributed by atoms with van der Waals surface area (Å²) in [6, 6.07) is 10.3. The van der Waals surface area contributed by atoms with Crippen molar-refractivity contribution in [3.63, 3.8) is 0 Å². The van der Waals surface area contributed by atoms with Crippen molar-refractivity contribution in [1.29, 1.82) is 0 Å². The molecule has 0 aliphatic rings. The van der Waals surface area contributed by atoms with Gasteiger partial charge in [0, 0.05) is 6.61 Å². The third-order valence-electron chi connectivity index (χ3n) is 4.55. The third kappa shape index (κ3) is 7.35. The molecule has 0 aliphatic heterocycles. The summed E-state index contributed by atoms with van der Waals surface area (Å²) < 4.78 is 12.0. The van der Waals surface area contributed by atoms with Gasteiger partial charge in [-0.2, -0.15) is 0 Å². The van der Waals surface area contributed by atoms with Crippen LogP contribution in [0.2, 0.25) is 18.1 Å². The molecule has 1 aromatic rings. The van der Waals surface area contributed by atoms with Crippen LogP contribution in [-0.2, 0) is 15.8 Å². The molecule has 1 rings (SSSR count). The maximum Gasteiger partial charge on any atom is 0.193 e. The largest absolute Gasteiger partial charge is 0.403 e. The molecule has 0 saturated carbocycles. The van der Waals surface area contributed by atoms with Gasteiger partial charge in [0.05, 0.1) is 6.61 Å². The lowest BCUT2D eigenvalue weighted by molar-refractivity contribution is 0.114. The van der Waals surface area contributed by atoms with Crippen LogP contribution < -0.4 is 0 Å². The van der Waals surface area contributed by atoms with Crippen molar-refractivity contribution in [2.24, 2.45) is 0 Å². The summed E-state index contributed by atoms with van der Waals surface area (Å²) in [5.74, 6) is 2.82. The van der Waals surface area contributed by atoms with E-state index in [4.69, 9.17) is 15.6 Å². The van der Waals surface area contributed by atoms with Gasteiger partial charge in [0.25, 0.3) is 0 Å². The van der Waals surface area contributed by atoms with E-state index in [1.165, 1.54) is 5.56 Å². The molecule has 0 fully saturated rings. The van der Waals surface area contributed by atoms with Crippen molar-refractivity contribution in [3.8, 4) is 12.3 Å². The fourth-order valence-electron chi connectivity index (χ4n) is 2.01.